The number of cyclic esters (lactones) is 1. The first kappa shape index (κ1) is 34.0. The Morgan fingerprint density at radius 2 is 1.24 bits per heavy atom. The van der Waals surface area contributed by atoms with E-state index in [0.29, 0.717) is 48.9 Å². The molecule has 0 N–H and O–H groups in total. The average molecular weight is 627 g/mol. The maximum absolute atomic E-state index is 12.7. The lowest BCUT2D eigenvalue weighted by Gasteiger charge is -2.09. The van der Waals surface area contributed by atoms with Gasteiger partial charge in [-0.15, -0.1) is 0 Å². The molecule has 1 aliphatic rings. The van der Waals surface area contributed by atoms with Crippen LogP contribution in [0.4, 0.5) is 0 Å². The summed E-state index contributed by atoms with van der Waals surface area (Å²) in [6.45, 7) is 8.59. The number of hydrogen-bond acceptors (Lipinski definition) is 8. The van der Waals surface area contributed by atoms with Gasteiger partial charge in [-0.3, -0.25) is 0 Å². The lowest BCUT2D eigenvalue weighted by molar-refractivity contribution is -0.139. The van der Waals surface area contributed by atoms with Crippen molar-refractivity contribution in [1.82, 2.24) is 0 Å². The number of esters is 3. The van der Waals surface area contributed by atoms with Crippen molar-refractivity contribution in [2.45, 2.75) is 63.9 Å². The smallest absolute Gasteiger partial charge is 0.343 e. The highest BCUT2D eigenvalue weighted by molar-refractivity contribution is 5.91. The molecule has 1 aliphatic heterocycles. The molecule has 1 atom stereocenters. The minimum atomic E-state index is -0.434. The van der Waals surface area contributed by atoms with E-state index >= 15 is 0 Å². The second-order valence-electron chi connectivity index (χ2n) is 11.1. The molecule has 0 aliphatic carbocycles. The summed E-state index contributed by atoms with van der Waals surface area (Å²) < 4.78 is 27.4. The summed E-state index contributed by atoms with van der Waals surface area (Å²) in [4.78, 5) is 35.1. The second kappa shape index (κ2) is 18.2. The summed E-state index contributed by atoms with van der Waals surface area (Å²) in [7, 11) is 0. The highest BCUT2D eigenvalue weighted by Crippen LogP contribution is 2.26. The second-order valence-corrected chi connectivity index (χ2v) is 11.1. The van der Waals surface area contributed by atoms with E-state index in [9.17, 15) is 14.4 Å². The number of benzene rings is 3. The summed E-state index contributed by atoms with van der Waals surface area (Å²) >= 11 is 0. The van der Waals surface area contributed by atoms with Gasteiger partial charge in [-0.25, -0.2) is 14.4 Å². The van der Waals surface area contributed by atoms with Crippen LogP contribution in [-0.2, 0) is 19.1 Å². The van der Waals surface area contributed by atoms with E-state index in [-0.39, 0.29) is 12.1 Å². The van der Waals surface area contributed by atoms with E-state index in [1.165, 1.54) is 0 Å². The highest BCUT2D eigenvalue weighted by Gasteiger charge is 2.26. The molecule has 0 aromatic heterocycles. The number of rotatable bonds is 19. The number of hydrogen-bond donors (Lipinski definition) is 0. The maximum atomic E-state index is 12.7. The molecule has 1 fully saturated rings. The Bertz CT molecular complexity index is 1430. The van der Waals surface area contributed by atoms with Gasteiger partial charge in [0.15, 0.2) is 0 Å². The topological polar surface area (TPSA) is 97.4 Å². The maximum Gasteiger partial charge on any atom is 0.343 e. The van der Waals surface area contributed by atoms with Crippen LogP contribution in [0.1, 0.15) is 68.1 Å². The highest BCUT2D eigenvalue weighted by atomic mass is 16.6. The molecule has 3 aromatic rings. The number of carbonyl (C=O) groups is 3. The summed E-state index contributed by atoms with van der Waals surface area (Å²) in [5.41, 5.74) is 3.03. The molecular weight excluding hydrogens is 584 g/mol. The zero-order valence-electron chi connectivity index (χ0n) is 26.2. The molecule has 8 nitrogen and oxygen atoms in total. The Morgan fingerprint density at radius 3 is 1.83 bits per heavy atom. The summed E-state index contributed by atoms with van der Waals surface area (Å²) in [6, 6.07) is 22.1. The molecule has 3 aromatic carbocycles. The van der Waals surface area contributed by atoms with Gasteiger partial charge in [-0.05, 0) is 91.8 Å². The van der Waals surface area contributed by atoms with E-state index in [1.54, 1.807) is 36.4 Å². The average Bonchev–Trinajstić information content (AvgIpc) is 3.40. The first-order valence-corrected chi connectivity index (χ1v) is 15.9. The van der Waals surface area contributed by atoms with Crippen molar-refractivity contribution in [2.75, 3.05) is 19.8 Å². The van der Waals surface area contributed by atoms with Crippen molar-refractivity contribution in [2.24, 2.45) is 0 Å². The van der Waals surface area contributed by atoms with Crippen molar-refractivity contribution in [1.29, 1.82) is 0 Å². The zero-order valence-corrected chi connectivity index (χ0v) is 26.2. The van der Waals surface area contributed by atoms with Gasteiger partial charge >= 0.3 is 17.9 Å². The molecule has 1 unspecified atom stereocenters. The van der Waals surface area contributed by atoms with Gasteiger partial charge in [0.1, 0.15) is 23.4 Å². The molecule has 0 saturated carbocycles. The van der Waals surface area contributed by atoms with Crippen LogP contribution in [0.2, 0.25) is 0 Å². The fraction of sp³-hybridized carbons (Fsp3) is 0.342. The minimum Gasteiger partial charge on any atom is -0.494 e. The van der Waals surface area contributed by atoms with E-state index in [4.69, 9.17) is 23.7 Å². The standard InChI is InChI=1S/C38H42O8/c1-3-36(39)44-26-10-9-25-43-32-18-12-29(13-19-32)30-14-22-34(23-15-30)45-38(41)31-16-20-33(21-17-31)42-24-8-6-4-5-7-11-35-27-28(2)37(40)46-35/h3,12-23,35H,1-2,4-11,24-27H2. The van der Waals surface area contributed by atoms with Gasteiger partial charge in [0, 0.05) is 18.1 Å². The third-order valence-electron chi connectivity index (χ3n) is 7.54. The summed E-state index contributed by atoms with van der Waals surface area (Å²) in [6.07, 6.45) is 9.48. The van der Waals surface area contributed by atoms with Crippen LogP contribution in [0.5, 0.6) is 17.2 Å². The van der Waals surface area contributed by atoms with Gasteiger partial charge in [-0.1, -0.05) is 56.7 Å². The minimum absolute atomic E-state index is 0.00676. The number of unbranched alkanes of at least 4 members (excludes halogenated alkanes) is 5. The van der Waals surface area contributed by atoms with Crippen LogP contribution in [0, 0.1) is 0 Å². The fourth-order valence-corrected chi connectivity index (χ4v) is 4.93. The van der Waals surface area contributed by atoms with Crippen molar-refractivity contribution >= 4 is 17.9 Å². The van der Waals surface area contributed by atoms with Crippen LogP contribution < -0.4 is 14.2 Å². The van der Waals surface area contributed by atoms with Gasteiger partial charge in [0.05, 0.1) is 25.4 Å². The Balaban J connectivity index is 1.10. The van der Waals surface area contributed by atoms with E-state index in [2.05, 4.69) is 13.2 Å². The van der Waals surface area contributed by atoms with Crippen molar-refractivity contribution in [3.8, 4) is 28.4 Å². The number of ether oxygens (including phenoxy) is 5. The molecule has 4 rings (SSSR count). The van der Waals surface area contributed by atoms with Crippen molar-refractivity contribution in [3.05, 3.63) is 103 Å². The SMILES string of the molecule is C=CC(=O)OCCCCOc1ccc(-c2ccc(OC(=O)c3ccc(OCCCCCCCC4CC(=C)C(=O)O4)cc3)cc2)cc1. The molecule has 1 saturated heterocycles. The lowest BCUT2D eigenvalue weighted by Crippen LogP contribution is -2.08. The van der Waals surface area contributed by atoms with Crippen LogP contribution in [0.3, 0.4) is 0 Å². The Morgan fingerprint density at radius 1 is 0.717 bits per heavy atom. The molecule has 8 heteroatoms. The molecule has 0 bridgehead atoms. The quantitative estimate of drug-likeness (QED) is 0.0571. The summed E-state index contributed by atoms with van der Waals surface area (Å²) in [5, 5.41) is 0. The van der Waals surface area contributed by atoms with Crippen molar-refractivity contribution in [3.63, 3.8) is 0 Å². The Kier molecular flexibility index (Phi) is 13.5. The monoisotopic (exact) mass is 626 g/mol. The molecular formula is C38H42O8. The van der Waals surface area contributed by atoms with E-state index in [1.807, 2.05) is 36.4 Å². The largest absolute Gasteiger partial charge is 0.494 e. The molecule has 0 amide bonds. The predicted octanol–water partition coefficient (Wildman–Crippen LogP) is 8.05. The fourth-order valence-electron chi connectivity index (χ4n) is 4.93. The zero-order chi connectivity index (χ0) is 32.6. The van der Waals surface area contributed by atoms with Crippen molar-refractivity contribution < 1.29 is 38.1 Å². The molecule has 0 spiro atoms. The third kappa shape index (κ3) is 11.3. The van der Waals surface area contributed by atoms with Crippen LogP contribution in [0.25, 0.3) is 11.1 Å². The lowest BCUT2D eigenvalue weighted by atomic mass is 10.1. The molecule has 46 heavy (non-hydrogen) atoms. The normalized spacial score (nSPS) is 14.0. The number of carbonyl (C=O) groups excluding carboxylic acids is 3. The molecule has 0 radical (unpaired) electrons. The molecule has 242 valence electrons. The predicted molar refractivity (Wildman–Crippen MR) is 176 cm³/mol. The third-order valence-corrected chi connectivity index (χ3v) is 7.54. The Labute approximate surface area is 271 Å². The van der Waals surface area contributed by atoms with Gasteiger partial charge in [0.25, 0.3) is 0 Å². The van der Waals surface area contributed by atoms with E-state index < -0.39 is 11.9 Å². The Hall–Kier alpha value is -4.85. The van der Waals surface area contributed by atoms with Crippen LogP contribution in [-0.4, -0.2) is 43.8 Å². The van der Waals surface area contributed by atoms with E-state index in [0.717, 1.165) is 74.3 Å². The van der Waals surface area contributed by atoms with Gasteiger partial charge in [0.2, 0.25) is 0 Å². The van der Waals surface area contributed by atoms with Gasteiger partial charge < -0.3 is 23.7 Å². The summed E-state index contributed by atoms with van der Waals surface area (Å²) in [5.74, 6) is 0.842. The van der Waals surface area contributed by atoms with Crippen LogP contribution in [0.15, 0.2) is 97.6 Å². The first-order valence-electron chi connectivity index (χ1n) is 15.9. The first-order chi connectivity index (χ1) is 22.4. The molecule has 1 heterocycles. The van der Waals surface area contributed by atoms with Gasteiger partial charge in [-0.2, -0.15) is 0 Å². The van der Waals surface area contributed by atoms with Crippen LogP contribution >= 0.6 is 0 Å².